The fourth-order valence-corrected chi connectivity index (χ4v) is 5.05. The molecular formula is C31H33N5. The molecule has 1 saturated heterocycles. The number of likely N-dealkylation sites (N-methyl/N-ethyl adjacent to an activating group) is 1. The number of piperazine rings is 1. The number of hydrogen-bond acceptors (Lipinski definition) is 5. The van der Waals surface area contributed by atoms with Crippen molar-refractivity contribution >= 4 is 22.3 Å². The number of rotatable bonds is 6. The highest BCUT2D eigenvalue weighted by molar-refractivity contribution is 5.97. The highest BCUT2D eigenvalue weighted by Gasteiger charge is 2.16. The first-order valence-corrected chi connectivity index (χ1v) is 12.7. The molecular weight excluding hydrogens is 442 g/mol. The predicted molar refractivity (Wildman–Crippen MR) is 148 cm³/mol. The van der Waals surface area contributed by atoms with Crippen LogP contribution in [0.25, 0.3) is 22.0 Å². The second-order valence-corrected chi connectivity index (χ2v) is 9.74. The van der Waals surface area contributed by atoms with Crippen molar-refractivity contribution in [3.8, 4) is 17.2 Å². The van der Waals surface area contributed by atoms with Gasteiger partial charge in [-0.1, -0.05) is 55.0 Å². The molecule has 5 nitrogen and oxygen atoms in total. The van der Waals surface area contributed by atoms with Crippen LogP contribution in [0.5, 0.6) is 0 Å². The average molecular weight is 476 g/mol. The topological polar surface area (TPSA) is 55.2 Å². The lowest BCUT2D eigenvalue weighted by Gasteiger charge is -2.34. The van der Waals surface area contributed by atoms with E-state index in [1.165, 1.54) is 16.7 Å². The van der Waals surface area contributed by atoms with Crippen LogP contribution in [0, 0.1) is 25.2 Å². The van der Waals surface area contributed by atoms with E-state index in [1.807, 2.05) is 0 Å². The minimum Gasteiger partial charge on any atom is -0.354 e. The Balaban J connectivity index is 1.43. The van der Waals surface area contributed by atoms with Crippen molar-refractivity contribution in [1.82, 2.24) is 14.8 Å². The van der Waals surface area contributed by atoms with Gasteiger partial charge in [0.1, 0.15) is 6.07 Å². The van der Waals surface area contributed by atoms with Gasteiger partial charge in [-0.05, 0) is 60.8 Å². The van der Waals surface area contributed by atoms with E-state index >= 15 is 0 Å². The van der Waals surface area contributed by atoms with Crippen molar-refractivity contribution in [3.63, 3.8) is 0 Å². The Kier molecular flexibility index (Phi) is 6.99. The third-order valence-electron chi connectivity index (χ3n) is 7.21. The summed E-state index contributed by atoms with van der Waals surface area (Å²) in [6, 6.07) is 23.8. The molecule has 4 aromatic rings. The van der Waals surface area contributed by atoms with Gasteiger partial charge in [-0.15, -0.1) is 0 Å². The number of fused-ring (bicyclic) bond motifs is 1. The average Bonchev–Trinajstić information content (AvgIpc) is 2.90. The molecule has 0 radical (unpaired) electrons. The molecule has 0 saturated carbocycles. The summed E-state index contributed by atoms with van der Waals surface area (Å²) in [6.07, 6.45) is 1.67. The summed E-state index contributed by atoms with van der Waals surface area (Å²) in [7, 11) is 0. The minimum atomic E-state index is 0.542. The molecule has 0 aliphatic carbocycles. The molecule has 5 heteroatoms. The van der Waals surface area contributed by atoms with Crippen LogP contribution in [0.15, 0.2) is 66.9 Å². The summed E-state index contributed by atoms with van der Waals surface area (Å²) in [5.41, 5.74) is 9.25. The molecule has 0 amide bonds. The second kappa shape index (κ2) is 10.5. The number of nitriles is 1. The number of nitrogens with one attached hydrogen (secondary N) is 1. The standard InChI is InChI=1S/C31H33N5/c1-4-35-12-14-36(15-13-35)21-24-6-5-7-25(17-24)26-9-10-28-30(18-26)33-20-27(19-32)31(28)34-29-11-8-22(2)16-23(29)3/h5-11,16-18,20H,4,12-15,21H2,1-3H3,(H,33,34). The Morgan fingerprint density at radius 3 is 2.44 bits per heavy atom. The highest BCUT2D eigenvalue weighted by atomic mass is 15.3. The first kappa shape index (κ1) is 24.0. The lowest BCUT2D eigenvalue weighted by molar-refractivity contribution is 0.132. The van der Waals surface area contributed by atoms with E-state index < -0.39 is 0 Å². The first-order chi connectivity index (χ1) is 17.5. The smallest absolute Gasteiger partial charge is 0.103 e. The number of aromatic nitrogens is 1. The largest absolute Gasteiger partial charge is 0.354 e. The van der Waals surface area contributed by atoms with E-state index in [0.29, 0.717) is 5.56 Å². The number of nitrogens with zero attached hydrogens (tertiary/aromatic N) is 4. The Labute approximate surface area is 214 Å². The SMILES string of the molecule is CCN1CCN(Cc2cccc(-c3ccc4c(Nc5ccc(C)cc5C)c(C#N)cnc4c3)c2)CC1. The lowest BCUT2D eigenvalue weighted by atomic mass is 10.00. The monoisotopic (exact) mass is 475 g/mol. The molecule has 1 aliphatic rings. The molecule has 182 valence electrons. The molecule has 5 rings (SSSR count). The Morgan fingerprint density at radius 2 is 1.69 bits per heavy atom. The normalized spacial score (nSPS) is 14.6. The number of anilines is 2. The maximum atomic E-state index is 9.76. The van der Waals surface area contributed by atoms with Gasteiger partial charge < -0.3 is 10.2 Å². The molecule has 0 bridgehead atoms. The van der Waals surface area contributed by atoms with Gasteiger partial charge in [0.2, 0.25) is 0 Å². The van der Waals surface area contributed by atoms with Crippen molar-refractivity contribution in [1.29, 1.82) is 5.26 Å². The third-order valence-corrected chi connectivity index (χ3v) is 7.21. The van der Waals surface area contributed by atoms with Gasteiger partial charge in [0.15, 0.2) is 0 Å². The van der Waals surface area contributed by atoms with Crippen molar-refractivity contribution in [2.75, 3.05) is 38.0 Å². The molecule has 1 aliphatic heterocycles. The summed E-state index contributed by atoms with van der Waals surface area (Å²) in [4.78, 5) is 9.69. The lowest BCUT2D eigenvalue weighted by Crippen LogP contribution is -2.45. The quantitative estimate of drug-likeness (QED) is 0.356. The molecule has 36 heavy (non-hydrogen) atoms. The highest BCUT2D eigenvalue weighted by Crippen LogP contribution is 2.33. The van der Waals surface area contributed by atoms with Crippen LogP contribution in [0.1, 0.15) is 29.2 Å². The first-order valence-electron chi connectivity index (χ1n) is 12.7. The minimum absolute atomic E-state index is 0.542. The van der Waals surface area contributed by atoms with E-state index in [9.17, 15) is 5.26 Å². The zero-order valence-corrected chi connectivity index (χ0v) is 21.4. The molecule has 3 aromatic carbocycles. The third kappa shape index (κ3) is 5.11. The van der Waals surface area contributed by atoms with Gasteiger partial charge in [0.05, 0.1) is 16.8 Å². The van der Waals surface area contributed by atoms with Gasteiger partial charge >= 0.3 is 0 Å². The molecule has 0 unspecified atom stereocenters. The maximum absolute atomic E-state index is 9.76. The van der Waals surface area contributed by atoms with E-state index in [-0.39, 0.29) is 0 Å². The van der Waals surface area contributed by atoms with Crippen LogP contribution >= 0.6 is 0 Å². The van der Waals surface area contributed by atoms with Crippen LogP contribution in [0.2, 0.25) is 0 Å². The maximum Gasteiger partial charge on any atom is 0.103 e. The molecule has 0 spiro atoms. The number of aryl methyl sites for hydroxylation is 2. The van der Waals surface area contributed by atoms with Gasteiger partial charge in [0.25, 0.3) is 0 Å². The second-order valence-electron chi connectivity index (χ2n) is 9.74. The zero-order chi connectivity index (χ0) is 25.1. The molecule has 1 fully saturated rings. The van der Waals surface area contributed by atoms with E-state index in [4.69, 9.17) is 0 Å². The molecule has 1 N–H and O–H groups in total. The summed E-state index contributed by atoms with van der Waals surface area (Å²) in [5, 5.41) is 14.2. The number of benzene rings is 3. The number of pyridine rings is 1. The Bertz CT molecular complexity index is 1430. The van der Waals surface area contributed by atoms with E-state index in [2.05, 4.69) is 108 Å². The van der Waals surface area contributed by atoms with Gasteiger partial charge in [-0.3, -0.25) is 9.88 Å². The summed E-state index contributed by atoms with van der Waals surface area (Å²) < 4.78 is 0. The summed E-state index contributed by atoms with van der Waals surface area (Å²) in [6.45, 7) is 13.1. The van der Waals surface area contributed by atoms with Crippen LogP contribution in [-0.4, -0.2) is 47.5 Å². The van der Waals surface area contributed by atoms with Crippen LogP contribution in [-0.2, 0) is 6.54 Å². The van der Waals surface area contributed by atoms with Crippen molar-refractivity contribution in [3.05, 3.63) is 89.1 Å². The fourth-order valence-electron chi connectivity index (χ4n) is 5.05. The van der Waals surface area contributed by atoms with Crippen molar-refractivity contribution < 1.29 is 0 Å². The zero-order valence-electron chi connectivity index (χ0n) is 21.4. The summed E-state index contributed by atoms with van der Waals surface area (Å²) in [5.74, 6) is 0. The van der Waals surface area contributed by atoms with Crippen molar-refractivity contribution in [2.24, 2.45) is 0 Å². The van der Waals surface area contributed by atoms with E-state index in [0.717, 1.165) is 72.7 Å². The fraction of sp³-hybridized carbons (Fsp3) is 0.290. The molecule has 1 aromatic heterocycles. The van der Waals surface area contributed by atoms with Gasteiger partial charge in [0, 0.05) is 50.0 Å². The van der Waals surface area contributed by atoms with Crippen molar-refractivity contribution in [2.45, 2.75) is 27.3 Å². The number of hydrogen-bond donors (Lipinski definition) is 1. The predicted octanol–water partition coefficient (Wildman–Crippen LogP) is 6.27. The van der Waals surface area contributed by atoms with Crippen LogP contribution < -0.4 is 5.32 Å². The van der Waals surface area contributed by atoms with Crippen LogP contribution in [0.3, 0.4) is 0 Å². The van der Waals surface area contributed by atoms with Gasteiger partial charge in [-0.25, -0.2) is 0 Å². The molecule has 2 heterocycles. The Morgan fingerprint density at radius 1 is 0.917 bits per heavy atom. The Hall–Kier alpha value is -3.72. The van der Waals surface area contributed by atoms with E-state index in [1.54, 1.807) is 6.20 Å². The molecule has 0 atom stereocenters. The van der Waals surface area contributed by atoms with Crippen LogP contribution in [0.4, 0.5) is 11.4 Å². The summed E-state index contributed by atoms with van der Waals surface area (Å²) >= 11 is 0. The van der Waals surface area contributed by atoms with Gasteiger partial charge in [-0.2, -0.15) is 5.26 Å².